The Labute approximate surface area is 93.9 Å². The number of carbonyl (C=O) groups is 1. The largest absolute Gasteiger partial charge is 0.397 e. The molecule has 0 saturated carbocycles. The second kappa shape index (κ2) is 5.32. The topological polar surface area (TPSA) is 105 Å². The Balaban J connectivity index is 3.14. The average molecular weight is 224 g/mol. The standard InChI is InChI=1S/C10H16N4O2/c1-2-14(3-4-15)10-8(9(12)16)5-7(11)6-13-10/h5-6,15H,2-4,11H2,1H3,(H2,12,16). The van der Waals surface area contributed by atoms with Gasteiger partial charge >= 0.3 is 0 Å². The number of amides is 1. The van der Waals surface area contributed by atoms with E-state index in [2.05, 4.69) is 4.98 Å². The van der Waals surface area contributed by atoms with Crippen LogP contribution in [0.3, 0.4) is 0 Å². The number of nitrogens with two attached hydrogens (primary N) is 2. The van der Waals surface area contributed by atoms with Gasteiger partial charge in [0, 0.05) is 13.1 Å². The van der Waals surface area contributed by atoms with Crippen LogP contribution in [-0.2, 0) is 0 Å². The molecule has 6 nitrogen and oxygen atoms in total. The minimum atomic E-state index is -0.578. The summed E-state index contributed by atoms with van der Waals surface area (Å²) in [5.74, 6) is -0.121. The first kappa shape index (κ1) is 12.3. The Bertz CT molecular complexity index is 381. The molecule has 0 aliphatic heterocycles. The highest BCUT2D eigenvalue weighted by molar-refractivity contribution is 5.98. The number of hydrogen-bond acceptors (Lipinski definition) is 5. The fourth-order valence-electron chi connectivity index (χ4n) is 1.44. The Morgan fingerprint density at radius 3 is 2.81 bits per heavy atom. The SMILES string of the molecule is CCN(CCO)c1ncc(N)cc1C(N)=O. The molecule has 0 unspecified atom stereocenters. The zero-order valence-electron chi connectivity index (χ0n) is 9.18. The molecule has 1 amide bonds. The van der Waals surface area contributed by atoms with Crippen molar-refractivity contribution in [2.24, 2.45) is 5.73 Å². The lowest BCUT2D eigenvalue weighted by molar-refractivity contribution is 0.100. The summed E-state index contributed by atoms with van der Waals surface area (Å²) in [6.45, 7) is 2.90. The van der Waals surface area contributed by atoms with Crippen LogP contribution in [0, 0.1) is 0 Å². The van der Waals surface area contributed by atoms with Gasteiger partial charge in [-0.15, -0.1) is 0 Å². The van der Waals surface area contributed by atoms with Crippen molar-refractivity contribution in [3.05, 3.63) is 17.8 Å². The van der Waals surface area contributed by atoms with E-state index in [4.69, 9.17) is 16.6 Å². The molecule has 0 bridgehead atoms. The van der Waals surface area contributed by atoms with E-state index >= 15 is 0 Å². The minimum absolute atomic E-state index is 0.0158. The highest BCUT2D eigenvalue weighted by Gasteiger charge is 2.15. The lowest BCUT2D eigenvalue weighted by atomic mass is 10.2. The van der Waals surface area contributed by atoms with Crippen LogP contribution in [0.25, 0.3) is 0 Å². The molecule has 0 aliphatic carbocycles. The van der Waals surface area contributed by atoms with E-state index in [0.717, 1.165) is 0 Å². The fourth-order valence-corrected chi connectivity index (χ4v) is 1.44. The van der Waals surface area contributed by atoms with Gasteiger partial charge < -0.3 is 21.5 Å². The Hall–Kier alpha value is -1.82. The van der Waals surface area contributed by atoms with Crippen molar-refractivity contribution in [1.82, 2.24) is 4.98 Å². The van der Waals surface area contributed by atoms with Crippen LogP contribution in [0.2, 0.25) is 0 Å². The van der Waals surface area contributed by atoms with Crippen LogP contribution in [-0.4, -0.2) is 35.7 Å². The minimum Gasteiger partial charge on any atom is -0.397 e. The molecule has 0 aliphatic rings. The van der Waals surface area contributed by atoms with Gasteiger partial charge in [-0.1, -0.05) is 0 Å². The van der Waals surface area contributed by atoms with Crippen molar-refractivity contribution in [2.75, 3.05) is 30.3 Å². The number of aliphatic hydroxyl groups excluding tert-OH is 1. The van der Waals surface area contributed by atoms with Crippen LogP contribution < -0.4 is 16.4 Å². The van der Waals surface area contributed by atoms with E-state index in [0.29, 0.717) is 24.6 Å². The number of aliphatic hydroxyl groups is 1. The fraction of sp³-hybridized carbons (Fsp3) is 0.400. The molecule has 1 heterocycles. The summed E-state index contributed by atoms with van der Waals surface area (Å²) in [5, 5.41) is 8.90. The Morgan fingerprint density at radius 1 is 1.62 bits per heavy atom. The van der Waals surface area contributed by atoms with Crippen LogP contribution in [0.5, 0.6) is 0 Å². The van der Waals surface area contributed by atoms with Gasteiger partial charge in [-0.2, -0.15) is 0 Å². The number of carbonyl (C=O) groups excluding carboxylic acids is 1. The van der Waals surface area contributed by atoms with E-state index in [-0.39, 0.29) is 12.2 Å². The first-order valence-corrected chi connectivity index (χ1v) is 5.01. The Kier molecular flexibility index (Phi) is 4.07. The van der Waals surface area contributed by atoms with Crippen molar-refractivity contribution in [1.29, 1.82) is 0 Å². The predicted octanol–water partition coefficient (Wildman–Crippen LogP) is -0.419. The molecule has 0 fully saturated rings. The number of aromatic nitrogens is 1. The lowest BCUT2D eigenvalue weighted by Gasteiger charge is -2.22. The molecular formula is C10H16N4O2. The third kappa shape index (κ3) is 2.60. The molecular weight excluding hydrogens is 208 g/mol. The highest BCUT2D eigenvalue weighted by Crippen LogP contribution is 2.19. The number of likely N-dealkylation sites (N-methyl/N-ethyl adjacent to an activating group) is 1. The summed E-state index contributed by atoms with van der Waals surface area (Å²) in [7, 11) is 0. The van der Waals surface area contributed by atoms with Crippen LogP contribution >= 0.6 is 0 Å². The molecule has 0 saturated heterocycles. The number of primary amides is 1. The molecule has 1 aromatic rings. The number of hydrogen-bond donors (Lipinski definition) is 3. The van der Waals surface area contributed by atoms with E-state index in [9.17, 15) is 4.79 Å². The molecule has 88 valence electrons. The Morgan fingerprint density at radius 2 is 2.31 bits per heavy atom. The highest BCUT2D eigenvalue weighted by atomic mass is 16.3. The van der Waals surface area contributed by atoms with E-state index in [1.165, 1.54) is 12.3 Å². The van der Waals surface area contributed by atoms with Crippen molar-refractivity contribution in [3.8, 4) is 0 Å². The van der Waals surface area contributed by atoms with Crippen molar-refractivity contribution >= 4 is 17.4 Å². The third-order valence-electron chi connectivity index (χ3n) is 2.20. The van der Waals surface area contributed by atoms with Crippen molar-refractivity contribution < 1.29 is 9.90 Å². The molecule has 16 heavy (non-hydrogen) atoms. The van der Waals surface area contributed by atoms with Gasteiger partial charge in [0.2, 0.25) is 0 Å². The van der Waals surface area contributed by atoms with Gasteiger partial charge in [0.15, 0.2) is 0 Å². The molecule has 6 heteroatoms. The van der Waals surface area contributed by atoms with Gasteiger partial charge in [-0.05, 0) is 13.0 Å². The molecule has 1 rings (SSSR count). The average Bonchev–Trinajstić information content (AvgIpc) is 2.26. The normalized spacial score (nSPS) is 10.1. The smallest absolute Gasteiger partial charge is 0.252 e. The monoisotopic (exact) mass is 224 g/mol. The van der Waals surface area contributed by atoms with Crippen molar-refractivity contribution in [3.63, 3.8) is 0 Å². The third-order valence-corrected chi connectivity index (χ3v) is 2.20. The van der Waals surface area contributed by atoms with Gasteiger partial charge in [0.05, 0.1) is 24.1 Å². The number of nitrogen functional groups attached to an aromatic ring is 1. The van der Waals surface area contributed by atoms with Gasteiger partial charge in [-0.3, -0.25) is 4.79 Å². The summed E-state index contributed by atoms with van der Waals surface area (Å²) in [6, 6.07) is 1.49. The maximum Gasteiger partial charge on any atom is 0.252 e. The number of anilines is 2. The van der Waals surface area contributed by atoms with Crippen LogP contribution in [0.15, 0.2) is 12.3 Å². The summed E-state index contributed by atoms with van der Waals surface area (Å²) < 4.78 is 0. The van der Waals surface area contributed by atoms with E-state index < -0.39 is 5.91 Å². The quantitative estimate of drug-likeness (QED) is 0.630. The first-order chi connectivity index (χ1) is 7.60. The molecule has 0 atom stereocenters. The molecule has 0 radical (unpaired) electrons. The summed E-state index contributed by atoms with van der Waals surface area (Å²) in [5.41, 5.74) is 11.5. The molecule has 5 N–H and O–H groups in total. The number of nitrogens with zero attached hydrogens (tertiary/aromatic N) is 2. The zero-order valence-corrected chi connectivity index (χ0v) is 9.18. The maximum atomic E-state index is 11.2. The van der Waals surface area contributed by atoms with Crippen LogP contribution in [0.1, 0.15) is 17.3 Å². The summed E-state index contributed by atoms with van der Waals surface area (Å²) in [4.78, 5) is 17.1. The van der Waals surface area contributed by atoms with Gasteiger partial charge in [0.1, 0.15) is 5.82 Å². The molecule has 1 aromatic heterocycles. The van der Waals surface area contributed by atoms with Gasteiger partial charge in [-0.25, -0.2) is 4.98 Å². The second-order valence-electron chi connectivity index (χ2n) is 3.31. The van der Waals surface area contributed by atoms with E-state index in [1.54, 1.807) is 4.90 Å². The maximum absolute atomic E-state index is 11.2. The zero-order chi connectivity index (χ0) is 12.1. The van der Waals surface area contributed by atoms with Gasteiger partial charge in [0.25, 0.3) is 5.91 Å². The van der Waals surface area contributed by atoms with E-state index in [1.807, 2.05) is 6.92 Å². The molecule has 0 spiro atoms. The van der Waals surface area contributed by atoms with Crippen LogP contribution in [0.4, 0.5) is 11.5 Å². The second-order valence-corrected chi connectivity index (χ2v) is 3.31. The summed E-state index contributed by atoms with van der Waals surface area (Å²) in [6.07, 6.45) is 1.46. The van der Waals surface area contributed by atoms with Crippen molar-refractivity contribution in [2.45, 2.75) is 6.92 Å². The summed E-state index contributed by atoms with van der Waals surface area (Å²) >= 11 is 0. The predicted molar refractivity (Wildman–Crippen MR) is 62.1 cm³/mol. The molecule has 0 aromatic carbocycles. The number of rotatable bonds is 5. The first-order valence-electron chi connectivity index (χ1n) is 5.01. The lowest BCUT2D eigenvalue weighted by Crippen LogP contribution is -2.30. The number of pyridine rings is 1.